The molecule has 1 saturated heterocycles. The summed E-state index contributed by atoms with van der Waals surface area (Å²) < 4.78 is 0. The number of urea groups is 1. The summed E-state index contributed by atoms with van der Waals surface area (Å²) in [5, 5.41) is 11.0. The first-order chi connectivity index (χ1) is 16.4. The number of rotatable bonds is 7. The van der Waals surface area contributed by atoms with Crippen LogP contribution >= 0.6 is 0 Å². The fraction of sp³-hybridized carbons (Fsp3) is 0.552. The third-order valence-electron chi connectivity index (χ3n) is 8.98. The van der Waals surface area contributed by atoms with Crippen LogP contribution in [0.25, 0.3) is 0 Å². The lowest BCUT2D eigenvalue weighted by Gasteiger charge is -2.52. The van der Waals surface area contributed by atoms with Gasteiger partial charge in [0.25, 0.3) is 0 Å². The molecule has 2 amide bonds. The van der Waals surface area contributed by atoms with Gasteiger partial charge in [-0.05, 0) is 76.6 Å². The predicted octanol–water partition coefficient (Wildman–Crippen LogP) is 4.65. The van der Waals surface area contributed by atoms with Crippen molar-refractivity contribution in [2.24, 2.45) is 0 Å². The molecule has 34 heavy (non-hydrogen) atoms. The van der Waals surface area contributed by atoms with E-state index in [1.165, 1.54) is 11.1 Å². The van der Waals surface area contributed by atoms with Crippen molar-refractivity contribution in [1.29, 1.82) is 0 Å². The van der Waals surface area contributed by atoms with Gasteiger partial charge in [-0.25, -0.2) is 4.79 Å². The molecule has 5 rings (SSSR count). The number of aliphatic hydroxyl groups is 1. The van der Waals surface area contributed by atoms with E-state index in [1.807, 2.05) is 6.07 Å². The second-order valence-corrected chi connectivity index (χ2v) is 11.1. The Morgan fingerprint density at radius 3 is 2.06 bits per heavy atom. The molecule has 3 fully saturated rings. The summed E-state index contributed by atoms with van der Waals surface area (Å²) in [4.78, 5) is 20.2. The van der Waals surface area contributed by atoms with E-state index >= 15 is 0 Å². The third kappa shape index (κ3) is 4.14. The van der Waals surface area contributed by atoms with Crippen molar-refractivity contribution in [2.45, 2.75) is 68.0 Å². The molecular formula is C29H39N3O2. The zero-order valence-electron chi connectivity index (χ0n) is 20.7. The summed E-state index contributed by atoms with van der Waals surface area (Å²) in [5.41, 5.74) is 1.73. The van der Waals surface area contributed by atoms with Gasteiger partial charge in [-0.3, -0.25) is 4.90 Å². The van der Waals surface area contributed by atoms with Crippen molar-refractivity contribution < 1.29 is 9.90 Å². The fourth-order valence-electron chi connectivity index (χ4n) is 6.54. The summed E-state index contributed by atoms with van der Waals surface area (Å²) in [7, 11) is 4.37. The third-order valence-corrected chi connectivity index (χ3v) is 8.98. The van der Waals surface area contributed by atoms with E-state index < -0.39 is 5.60 Å². The summed E-state index contributed by atoms with van der Waals surface area (Å²) in [6.45, 7) is 1.98. The highest BCUT2D eigenvalue weighted by Crippen LogP contribution is 2.50. The van der Waals surface area contributed by atoms with E-state index in [-0.39, 0.29) is 17.1 Å². The maximum absolute atomic E-state index is 13.7. The number of amides is 2. The van der Waals surface area contributed by atoms with Crippen molar-refractivity contribution in [3.8, 4) is 0 Å². The molecule has 182 valence electrons. The second-order valence-electron chi connectivity index (χ2n) is 11.1. The average Bonchev–Trinajstić information content (AvgIpc) is 3.09. The lowest BCUT2D eigenvalue weighted by atomic mass is 9.67. The van der Waals surface area contributed by atoms with Gasteiger partial charge in [0, 0.05) is 18.6 Å². The normalized spacial score (nSPS) is 28.5. The summed E-state index contributed by atoms with van der Waals surface area (Å²) in [6, 6.07) is 21.4. The predicted molar refractivity (Wildman–Crippen MR) is 136 cm³/mol. The van der Waals surface area contributed by atoms with Gasteiger partial charge in [0.05, 0.1) is 17.7 Å². The van der Waals surface area contributed by atoms with Gasteiger partial charge in [0.15, 0.2) is 0 Å². The molecule has 0 atom stereocenters. The molecule has 2 saturated carbocycles. The molecule has 1 spiro atoms. The first-order valence-electron chi connectivity index (χ1n) is 12.9. The van der Waals surface area contributed by atoms with Crippen LogP contribution in [0.1, 0.15) is 56.1 Å². The Morgan fingerprint density at radius 2 is 1.50 bits per heavy atom. The fourth-order valence-corrected chi connectivity index (χ4v) is 6.54. The molecule has 2 aliphatic carbocycles. The Hall–Kier alpha value is -2.37. The maximum Gasteiger partial charge on any atom is 0.320 e. The average molecular weight is 462 g/mol. The van der Waals surface area contributed by atoms with Crippen LogP contribution in [0.15, 0.2) is 60.7 Å². The SMILES string of the molecule is CN(C)[C@]1(c2ccccc2)CC[C@]2(CC1)CN(CCc1ccccc1)C(=O)N2CC1(O)CCC1. The highest BCUT2D eigenvalue weighted by molar-refractivity contribution is 5.78. The minimum atomic E-state index is -0.701. The minimum absolute atomic E-state index is 0.00788. The van der Waals surface area contributed by atoms with Gasteiger partial charge in [0.1, 0.15) is 0 Å². The molecule has 5 heteroatoms. The lowest BCUT2D eigenvalue weighted by Crippen LogP contribution is -2.59. The number of hydrogen-bond donors (Lipinski definition) is 1. The quantitative estimate of drug-likeness (QED) is 0.653. The topological polar surface area (TPSA) is 47.0 Å². The van der Waals surface area contributed by atoms with Crippen LogP contribution in [0, 0.1) is 0 Å². The first kappa shape index (κ1) is 23.4. The van der Waals surface area contributed by atoms with Crippen molar-refractivity contribution >= 4 is 6.03 Å². The smallest absolute Gasteiger partial charge is 0.320 e. The van der Waals surface area contributed by atoms with Gasteiger partial charge in [0.2, 0.25) is 0 Å². The van der Waals surface area contributed by atoms with Crippen LogP contribution < -0.4 is 0 Å². The van der Waals surface area contributed by atoms with Crippen LogP contribution in [0.4, 0.5) is 4.79 Å². The van der Waals surface area contributed by atoms with Gasteiger partial charge < -0.3 is 14.9 Å². The maximum atomic E-state index is 13.7. The Labute approximate surface area is 204 Å². The highest BCUT2D eigenvalue weighted by Gasteiger charge is 2.56. The largest absolute Gasteiger partial charge is 0.388 e. The molecule has 1 heterocycles. The highest BCUT2D eigenvalue weighted by atomic mass is 16.3. The van der Waals surface area contributed by atoms with Gasteiger partial charge in [-0.15, -0.1) is 0 Å². The molecule has 0 unspecified atom stereocenters. The zero-order chi connectivity index (χ0) is 23.8. The van der Waals surface area contributed by atoms with Crippen LogP contribution in [0.3, 0.4) is 0 Å². The van der Waals surface area contributed by atoms with E-state index in [1.54, 1.807) is 0 Å². The molecule has 0 bridgehead atoms. The minimum Gasteiger partial charge on any atom is -0.388 e. The molecule has 0 radical (unpaired) electrons. The second kappa shape index (κ2) is 9.01. The number of carbonyl (C=O) groups is 1. The number of nitrogens with zero attached hydrogens (tertiary/aromatic N) is 3. The summed E-state index contributed by atoms with van der Waals surface area (Å²) >= 11 is 0. The molecule has 2 aromatic carbocycles. The van der Waals surface area contributed by atoms with Crippen LogP contribution in [0.2, 0.25) is 0 Å². The Balaban J connectivity index is 1.38. The Bertz CT molecular complexity index is 979. The van der Waals surface area contributed by atoms with E-state index in [4.69, 9.17) is 0 Å². The molecule has 0 aromatic heterocycles. The van der Waals surface area contributed by atoms with Crippen LogP contribution in [-0.4, -0.2) is 70.7 Å². The summed E-state index contributed by atoms with van der Waals surface area (Å²) in [5.74, 6) is 0. The van der Waals surface area contributed by atoms with Crippen LogP contribution in [-0.2, 0) is 12.0 Å². The molecule has 1 N–H and O–H groups in total. The van der Waals surface area contributed by atoms with Crippen molar-refractivity contribution in [3.63, 3.8) is 0 Å². The van der Waals surface area contributed by atoms with Gasteiger partial charge >= 0.3 is 6.03 Å². The van der Waals surface area contributed by atoms with E-state index in [0.29, 0.717) is 6.54 Å². The number of carbonyl (C=O) groups excluding carboxylic acids is 1. The molecular weight excluding hydrogens is 422 g/mol. The molecule has 5 nitrogen and oxygen atoms in total. The molecule has 2 aromatic rings. The van der Waals surface area contributed by atoms with E-state index in [0.717, 1.165) is 64.5 Å². The van der Waals surface area contributed by atoms with Crippen molar-refractivity contribution in [1.82, 2.24) is 14.7 Å². The van der Waals surface area contributed by atoms with Crippen molar-refractivity contribution in [2.75, 3.05) is 33.7 Å². The number of β-amino-alcohol motifs (C(OH)–C–C–N with tert-alkyl or cyclic N) is 1. The first-order valence-corrected chi connectivity index (χ1v) is 12.9. The monoisotopic (exact) mass is 461 g/mol. The summed E-state index contributed by atoms with van der Waals surface area (Å²) in [6.07, 6.45) is 7.49. The van der Waals surface area contributed by atoms with Crippen molar-refractivity contribution in [3.05, 3.63) is 71.8 Å². The number of hydrogen-bond acceptors (Lipinski definition) is 3. The Morgan fingerprint density at radius 1 is 0.882 bits per heavy atom. The molecule has 3 aliphatic rings. The Kier molecular flexibility index (Phi) is 6.19. The van der Waals surface area contributed by atoms with Gasteiger partial charge in [-0.1, -0.05) is 60.7 Å². The lowest BCUT2D eigenvalue weighted by molar-refractivity contribution is -0.0725. The molecule has 1 aliphatic heterocycles. The standard InChI is InChI=1S/C29H39N3O2/c1-30(2)29(25-12-7-4-8-13-25)19-17-27(18-20-29)22-31(21-14-24-10-5-3-6-11-24)26(33)32(27)23-28(34)15-9-16-28/h3-8,10-13,34H,9,14-23H2,1-2H3/t27-,29+. The van der Waals surface area contributed by atoms with Crippen LogP contribution in [0.5, 0.6) is 0 Å². The zero-order valence-corrected chi connectivity index (χ0v) is 20.7. The van der Waals surface area contributed by atoms with E-state index in [2.05, 4.69) is 83.4 Å². The number of benzene rings is 2. The van der Waals surface area contributed by atoms with E-state index in [9.17, 15) is 9.90 Å². The van der Waals surface area contributed by atoms with Gasteiger partial charge in [-0.2, -0.15) is 0 Å².